The van der Waals surface area contributed by atoms with Crippen molar-refractivity contribution in [2.75, 3.05) is 19.5 Å². The topological polar surface area (TPSA) is 36.3 Å². The Kier molecular flexibility index (Phi) is 5.83. The fourth-order valence-electron chi connectivity index (χ4n) is 3.11. The second-order valence-corrected chi connectivity index (χ2v) is 7.36. The molecule has 0 radical (unpaired) electrons. The molecule has 0 N–H and O–H groups in total. The van der Waals surface area contributed by atoms with Crippen molar-refractivity contribution >= 4 is 22.8 Å². The molecule has 4 rings (SSSR count). The lowest BCUT2D eigenvalue weighted by Crippen LogP contribution is -2.05. The normalized spacial score (nSPS) is 10.9. The number of nitrogens with zero attached hydrogens (tertiary/aromatic N) is 2. The molecule has 4 aromatic rings. The van der Waals surface area contributed by atoms with Gasteiger partial charge in [-0.05, 0) is 29.8 Å². The zero-order valence-corrected chi connectivity index (χ0v) is 16.6. The summed E-state index contributed by atoms with van der Waals surface area (Å²) in [6.45, 7) is 1.39. The van der Waals surface area contributed by atoms with Crippen LogP contribution in [-0.4, -0.2) is 29.0 Å². The molecule has 0 amide bonds. The van der Waals surface area contributed by atoms with Gasteiger partial charge in [0.1, 0.15) is 0 Å². The molecule has 0 fully saturated rings. The molecule has 142 valence electrons. The summed E-state index contributed by atoms with van der Waals surface area (Å²) in [5.74, 6) is 2.32. The summed E-state index contributed by atoms with van der Waals surface area (Å²) < 4.78 is 13.5. The van der Waals surface area contributed by atoms with Gasteiger partial charge in [0.25, 0.3) is 0 Å². The maximum absolute atomic E-state index is 5.90. The summed E-state index contributed by atoms with van der Waals surface area (Å²) in [6, 6.07) is 26.5. The quantitative estimate of drug-likeness (QED) is 0.304. The van der Waals surface area contributed by atoms with Gasteiger partial charge < -0.3 is 14.0 Å². The number of hydrogen-bond donors (Lipinski definition) is 0. The second kappa shape index (κ2) is 8.85. The van der Waals surface area contributed by atoms with Gasteiger partial charge in [-0.25, -0.2) is 4.98 Å². The minimum Gasteiger partial charge on any atom is -0.493 e. The van der Waals surface area contributed by atoms with E-state index in [1.54, 1.807) is 18.9 Å². The summed E-state index contributed by atoms with van der Waals surface area (Å²) in [7, 11) is 1.66. The number of para-hydroxylation sites is 4. The van der Waals surface area contributed by atoms with E-state index in [1.165, 1.54) is 5.56 Å². The standard InChI is InChI=1S/C23H22N2O2S/c1-26-21-13-7-8-14-22(21)27-15-16-28-23-24-19-11-5-6-12-20(19)25(23)17-18-9-3-2-4-10-18/h2-14H,15-17H2,1H3. The van der Waals surface area contributed by atoms with Crippen molar-refractivity contribution in [1.29, 1.82) is 0 Å². The number of rotatable bonds is 8. The Morgan fingerprint density at radius 1 is 0.857 bits per heavy atom. The highest BCUT2D eigenvalue weighted by molar-refractivity contribution is 7.99. The van der Waals surface area contributed by atoms with Gasteiger partial charge in [-0.2, -0.15) is 0 Å². The fraction of sp³-hybridized carbons (Fsp3) is 0.174. The van der Waals surface area contributed by atoms with E-state index < -0.39 is 0 Å². The van der Waals surface area contributed by atoms with Gasteiger partial charge >= 0.3 is 0 Å². The Balaban J connectivity index is 1.48. The van der Waals surface area contributed by atoms with E-state index in [1.807, 2.05) is 36.4 Å². The van der Waals surface area contributed by atoms with E-state index in [0.717, 1.165) is 40.0 Å². The Hall–Kier alpha value is -2.92. The van der Waals surface area contributed by atoms with Crippen molar-refractivity contribution in [3.8, 4) is 11.5 Å². The third-order valence-electron chi connectivity index (χ3n) is 4.44. The van der Waals surface area contributed by atoms with Gasteiger partial charge in [-0.15, -0.1) is 0 Å². The Labute approximate surface area is 169 Å². The first kappa shape index (κ1) is 18.4. The van der Waals surface area contributed by atoms with Crippen LogP contribution in [0.3, 0.4) is 0 Å². The number of thioether (sulfide) groups is 1. The van der Waals surface area contributed by atoms with Gasteiger partial charge in [0.15, 0.2) is 16.7 Å². The molecule has 0 bridgehead atoms. The summed E-state index contributed by atoms with van der Waals surface area (Å²) in [5.41, 5.74) is 3.43. The van der Waals surface area contributed by atoms with Gasteiger partial charge in [0.2, 0.25) is 0 Å². The molecule has 0 aliphatic rings. The van der Waals surface area contributed by atoms with Crippen LogP contribution in [0.15, 0.2) is 84.0 Å². The Morgan fingerprint density at radius 2 is 1.57 bits per heavy atom. The summed E-state index contributed by atoms with van der Waals surface area (Å²) in [5, 5.41) is 1.01. The molecule has 0 saturated heterocycles. The molecule has 28 heavy (non-hydrogen) atoms. The number of ether oxygens (including phenoxy) is 2. The zero-order chi connectivity index (χ0) is 19.2. The molecule has 0 saturated carbocycles. The largest absolute Gasteiger partial charge is 0.493 e. The molecule has 3 aromatic carbocycles. The SMILES string of the molecule is COc1ccccc1OCCSc1nc2ccccc2n1Cc1ccccc1. The summed E-state index contributed by atoms with van der Waals surface area (Å²) in [4.78, 5) is 4.83. The van der Waals surface area contributed by atoms with Crippen molar-refractivity contribution in [3.05, 3.63) is 84.4 Å². The zero-order valence-electron chi connectivity index (χ0n) is 15.7. The molecule has 4 nitrogen and oxygen atoms in total. The highest BCUT2D eigenvalue weighted by Crippen LogP contribution is 2.28. The van der Waals surface area contributed by atoms with Crippen LogP contribution in [0.25, 0.3) is 11.0 Å². The highest BCUT2D eigenvalue weighted by atomic mass is 32.2. The van der Waals surface area contributed by atoms with Crippen molar-refractivity contribution < 1.29 is 9.47 Å². The fourth-order valence-corrected chi connectivity index (χ4v) is 3.94. The van der Waals surface area contributed by atoms with E-state index in [0.29, 0.717) is 6.61 Å². The first-order chi connectivity index (χ1) is 13.8. The lowest BCUT2D eigenvalue weighted by molar-refractivity contribution is 0.313. The molecule has 0 unspecified atom stereocenters. The molecular weight excluding hydrogens is 368 g/mol. The first-order valence-corrected chi connectivity index (χ1v) is 10.2. The predicted molar refractivity (Wildman–Crippen MR) is 114 cm³/mol. The minimum atomic E-state index is 0.583. The van der Waals surface area contributed by atoms with Crippen LogP contribution >= 0.6 is 11.8 Å². The molecule has 0 aliphatic heterocycles. The second-order valence-electron chi connectivity index (χ2n) is 6.30. The minimum absolute atomic E-state index is 0.583. The van der Waals surface area contributed by atoms with Crippen molar-refractivity contribution in [2.45, 2.75) is 11.7 Å². The first-order valence-electron chi connectivity index (χ1n) is 9.23. The highest BCUT2D eigenvalue weighted by Gasteiger charge is 2.12. The van der Waals surface area contributed by atoms with E-state index in [2.05, 4.69) is 47.0 Å². The van der Waals surface area contributed by atoms with Crippen LogP contribution in [0.1, 0.15) is 5.56 Å². The van der Waals surface area contributed by atoms with Crippen LogP contribution in [0.4, 0.5) is 0 Å². The van der Waals surface area contributed by atoms with E-state index in [-0.39, 0.29) is 0 Å². The lowest BCUT2D eigenvalue weighted by Gasteiger charge is -2.11. The van der Waals surface area contributed by atoms with Crippen molar-refractivity contribution in [1.82, 2.24) is 9.55 Å². The monoisotopic (exact) mass is 390 g/mol. The average Bonchev–Trinajstić information content (AvgIpc) is 3.09. The maximum atomic E-state index is 5.90. The average molecular weight is 391 g/mol. The molecule has 5 heteroatoms. The molecule has 1 heterocycles. The molecular formula is C23H22N2O2S. The van der Waals surface area contributed by atoms with Crippen molar-refractivity contribution in [2.24, 2.45) is 0 Å². The number of benzene rings is 3. The van der Waals surface area contributed by atoms with Crippen LogP contribution < -0.4 is 9.47 Å². The molecule has 0 spiro atoms. The Morgan fingerprint density at radius 3 is 2.39 bits per heavy atom. The Bertz CT molecular complexity index is 1050. The summed E-state index contributed by atoms with van der Waals surface area (Å²) in [6.07, 6.45) is 0. The van der Waals surface area contributed by atoms with Gasteiger partial charge in [0, 0.05) is 5.75 Å². The number of imidazole rings is 1. The van der Waals surface area contributed by atoms with Crippen LogP contribution in [0.5, 0.6) is 11.5 Å². The molecule has 0 atom stereocenters. The maximum Gasteiger partial charge on any atom is 0.169 e. The number of fused-ring (bicyclic) bond motifs is 1. The van der Waals surface area contributed by atoms with E-state index in [9.17, 15) is 0 Å². The van der Waals surface area contributed by atoms with Gasteiger partial charge in [-0.3, -0.25) is 0 Å². The van der Waals surface area contributed by atoms with E-state index >= 15 is 0 Å². The lowest BCUT2D eigenvalue weighted by atomic mass is 10.2. The van der Waals surface area contributed by atoms with Crippen LogP contribution in [0.2, 0.25) is 0 Å². The van der Waals surface area contributed by atoms with Crippen molar-refractivity contribution in [3.63, 3.8) is 0 Å². The third-order valence-corrected chi connectivity index (χ3v) is 5.38. The van der Waals surface area contributed by atoms with E-state index in [4.69, 9.17) is 14.5 Å². The number of hydrogen-bond acceptors (Lipinski definition) is 4. The van der Waals surface area contributed by atoms with Crippen LogP contribution in [0, 0.1) is 0 Å². The number of methoxy groups -OCH3 is 1. The third kappa shape index (κ3) is 4.15. The number of aromatic nitrogens is 2. The predicted octanol–water partition coefficient (Wildman–Crippen LogP) is 5.26. The smallest absolute Gasteiger partial charge is 0.169 e. The van der Waals surface area contributed by atoms with Gasteiger partial charge in [-0.1, -0.05) is 66.4 Å². The van der Waals surface area contributed by atoms with Gasteiger partial charge in [0.05, 0.1) is 31.3 Å². The molecule has 1 aromatic heterocycles. The van der Waals surface area contributed by atoms with Crippen LogP contribution in [-0.2, 0) is 6.54 Å². The molecule has 0 aliphatic carbocycles. The summed E-state index contributed by atoms with van der Waals surface area (Å²) >= 11 is 1.71.